The molecule has 0 saturated carbocycles. The minimum atomic E-state index is -4.40. The minimum absolute atomic E-state index is 0.238. The van der Waals surface area contributed by atoms with E-state index in [9.17, 15) is 18.0 Å². The second kappa shape index (κ2) is 7.01. The Morgan fingerprint density at radius 1 is 1.21 bits per heavy atom. The Morgan fingerprint density at radius 2 is 2.04 bits per heavy atom. The van der Waals surface area contributed by atoms with Crippen LogP contribution in [0.25, 0.3) is 10.7 Å². The van der Waals surface area contributed by atoms with Crippen molar-refractivity contribution >= 4 is 22.9 Å². The molecular formula is C20H16F3N3OS. The van der Waals surface area contributed by atoms with Gasteiger partial charge in [-0.1, -0.05) is 6.07 Å². The van der Waals surface area contributed by atoms with Gasteiger partial charge in [-0.15, -0.1) is 11.3 Å². The highest BCUT2D eigenvalue weighted by Gasteiger charge is 2.33. The Hall–Kier alpha value is -2.74. The van der Waals surface area contributed by atoms with Gasteiger partial charge in [0.15, 0.2) is 0 Å². The molecule has 0 fully saturated rings. The van der Waals surface area contributed by atoms with Gasteiger partial charge in [0.2, 0.25) is 0 Å². The number of carbonyl (C=O) groups is 1. The maximum Gasteiger partial charge on any atom is 0.416 e. The van der Waals surface area contributed by atoms with E-state index in [1.807, 2.05) is 12.1 Å². The topological polar surface area (TPSA) is 46.1 Å². The van der Waals surface area contributed by atoms with E-state index >= 15 is 0 Å². The number of rotatable bonds is 2. The summed E-state index contributed by atoms with van der Waals surface area (Å²) in [6, 6.07) is 9.04. The van der Waals surface area contributed by atoms with Crippen molar-refractivity contribution in [3.63, 3.8) is 0 Å². The standard InChI is InChI=1S/C20H16F3N3OS/c1-12-17(28-18(25-12)15-6-2-3-9-24-15)19(27)26-10-4-5-13-11-14(20(21,22)23)7-8-16(13)26/h2-3,6-9,11H,4-5,10H2,1H3. The van der Waals surface area contributed by atoms with Crippen molar-refractivity contribution in [2.24, 2.45) is 0 Å². The normalized spacial score (nSPS) is 14.1. The number of amides is 1. The summed E-state index contributed by atoms with van der Waals surface area (Å²) < 4.78 is 39.0. The summed E-state index contributed by atoms with van der Waals surface area (Å²) in [7, 11) is 0. The van der Waals surface area contributed by atoms with E-state index < -0.39 is 11.7 Å². The van der Waals surface area contributed by atoms with Gasteiger partial charge >= 0.3 is 6.18 Å². The predicted molar refractivity (Wildman–Crippen MR) is 102 cm³/mol. The molecule has 1 amide bonds. The molecule has 28 heavy (non-hydrogen) atoms. The second-order valence-corrected chi connectivity index (χ2v) is 7.55. The number of benzene rings is 1. The lowest BCUT2D eigenvalue weighted by Crippen LogP contribution is -2.35. The first-order valence-electron chi connectivity index (χ1n) is 8.75. The number of carbonyl (C=O) groups excluding carboxylic acids is 1. The Bertz CT molecular complexity index is 1030. The first kappa shape index (κ1) is 18.6. The third-order valence-electron chi connectivity index (χ3n) is 4.65. The van der Waals surface area contributed by atoms with Crippen LogP contribution in [0.15, 0.2) is 42.6 Å². The molecule has 3 aromatic rings. The molecule has 4 nitrogen and oxygen atoms in total. The monoisotopic (exact) mass is 403 g/mol. The van der Waals surface area contributed by atoms with Crippen LogP contribution in [-0.2, 0) is 12.6 Å². The number of halogens is 3. The van der Waals surface area contributed by atoms with Crippen molar-refractivity contribution in [1.82, 2.24) is 9.97 Å². The Morgan fingerprint density at radius 3 is 2.75 bits per heavy atom. The lowest BCUT2D eigenvalue weighted by Gasteiger charge is -2.29. The molecule has 1 aliphatic heterocycles. The van der Waals surface area contributed by atoms with Crippen LogP contribution in [0.5, 0.6) is 0 Å². The van der Waals surface area contributed by atoms with Gasteiger partial charge in [0, 0.05) is 18.4 Å². The fourth-order valence-electron chi connectivity index (χ4n) is 3.30. The number of hydrogen-bond acceptors (Lipinski definition) is 4. The summed E-state index contributed by atoms with van der Waals surface area (Å²) in [4.78, 5) is 23.9. The van der Waals surface area contributed by atoms with Crippen molar-refractivity contribution in [3.05, 3.63) is 64.3 Å². The molecule has 3 heterocycles. The van der Waals surface area contributed by atoms with E-state index in [0.717, 1.165) is 12.1 Å². The van der Waals surface area contributed by atoms with E-state index in [1.165, 1.54) is 17.4 Å². The fraction of sp³-hybridized carbons (Fsp3) is 0.250. The second-order valence-electron chi connectivity index (χ2n) is 6.55. The predicted octanol–water partition coefficient (Wildman–Crippen LogP) is 5.13. The number of aryl methyl sites for hydroxylation is 2. The molecule has 8 heteroatoms. The molecule has 0 spiro atoms. The van der Waals surface area contributed by atoms with Crippen LogP contribution in [0.1, 0.15) is 32.9 Å². The van der Waals surface area contributed by atoms with E-state index in [4.69, 9.17) is 0 Å². The van der Waals surface area contributed by atoms with Gasteiger partial charge in [-0.05, 0) is 55.7 Å². The average Bonchev–Trinajstić information content (AvgIpc) is 3.08. The van der Waals surface area contributed by atoms with E-state index in [0.29, 0.717) is 51.9 Å². The van der Waals surface area contributed by atoms with Crippen LogP contribution in [0.2, 0.25) is 0 Å². The highest BCUT2D eigenvalue weighted by atomic mass is 32.1. The SMILES string of the molecule is Cc1nc(-c2ccccn2)sc1C(=O)N1CCCc2cc(C(F)(F)F)ccc21. The van der Waals surface area contributed by atoms with Gasteiger partial charge in [-0.2, -0.15) is 13.2 Å². The molecule has 0 N–H and O–H groups in total. The Labute approximate surface area is 163 Å². The maximum atomic E-state index is 13.2. The van der Waals surface area contributed by atoms with Crippen LogP contribution in [0, 0.1) is 6.92 Å². The number of hydrogen-bond donors (Lipinski definition) is 0. The summed E-state index contributed by atoms with van der Waals surface area (Å²) in [5, 5.41) is 0.645. The molecule has 0 atom stereocenters. The van der Waals surface area contributed by atoms with Gasteiger partial charge in [0.05, 0.1) is 17.0 Å². The van der Waals surface area contributed by atoms with E-state index in [2.05, 4.69) is 9.97 Å². The first-order valence-corrected chi connectivity index (χ1v) is 9.57. The van der Waals surface area contributed by atoms with E-state index in [-0.39, 0.29) is 5.91 Å². The summed E-state index contributed by atoms with van der Waals surface area (Å²) in [5.41, 5.74) is 1.67. The summed E-state index contributed by atoms with van der Waals surface area (Å²) in [6.07, 6.45) is -1.60. The number of nitrogens with zero attached hydrogens (tertiary/aromatic N) is 3. The molecule has 2 aromatic heterocycles. The van der Waals surface area contributed by atoms with Crippen molar-refractivity contribution in [3.8, 4) is 10.7 Å². The summed E-state index contributed by atoms with van der Waals surface area (Å²) in [6.45, 7) is 2.22. The molecular weight excluding hydrogens is 387 g/mol. The number of alkyl halides is 3. The Balaban J connectivity index is 1.68. The number of fused-ring (bicyclic) bond motifs is 1. The fourth-order valence-corrected chi connectivity index (χ4v) is 4.29. The zero-order chi connectivity index (χ0) is 19.9. The maximum absolute atomic E-state index is 13.2. The van der Waals surface area contributed by atoms with Gasteiger partial charge in [-0.3, -0.25) is 9.78 Å². The molecule has 1 aliphatic rings. The molecule has 0 radical (unpaired) electrons. The van der Waals surface area contributed by atoms with Gasteiger partial charge in [0.1, 0.15) is 9.88 Å². The molecule has 0 unspecified atom stereocenters. The zero-order valence-corrected chi connectivity index (χ0v) is 15.8. The number of aromatic nitrogens is 2. The largest absolute Gasteiger partial charge is 0.416 e. The summed E-state index contributed by atoms with van der Waals surface area (Å²) in [5.74, 6) is -0.238. The van der Waals surface area contributed by atoms with Crippen LogP contribution >= 0.6 is 11.3 Å². The third kappa shape index (κ3) is 3.40. The van der Waals surface area contributed by atoms with Crippen molar-refractivity contribution in [2.75, 3.05) is 11.4 Å². The molecule has 0 bridgehead atoms. The minimum Gasteiger partial charge on any atom is -0.307 e. The molecule has 1 aromatic carbocycles. The summed E-state index contributed by atoms with van der Waals surface area (Å²) >= 11 is 1.25. The Kier molecular flexibility index (Phi) is 4.66. The van der Waals surface area contributed by atoms with Crippen molar-refractivity contribution in [1.29, 1.82) is 0 Å². The van der Waals surface area contributed by atoms with Gasteiger partial charge in [0.25, 0.3) is 5.91 Å². The molecule has 4 rings (SSSR count). The van der Waals surface area contributed by atoms with Crippen LogP contribution in [0.3, 0.4) is 0 Å². The van der Waals surface area contributed by atoms with E-state index in [1.54, 1.807) is 24.1 Å². The number of anilines is 1. The van der Waals surface area contributed by atoms with Crippen LogP contribution in [0.4, 0.5) is 18.9 Å². The number of pyridine rings is 1. The molecule has 0 saturated heterocycles. The number of thiazole rings is 1. The lowest BCUT2D eigenvalue weighted by molar-refractivity contribution is -0.137. The van der Waals surface area contributed by atoms with Crippen molar-refractivity contribution < 1.29 is 18.0 Å². The molecule has 144 valence electrons. The van der Waals surface area contributed by atoms with Crippen LogP contribution in [-0.4, -0.2) is 22.4 Å². The molecule has 0 aliphatic carbocycles. The average molecular weight is 403 g/mol. The van der Waals surface area contributed by atoms with Crippen LogP contribution < -0.4 is 4.90 Å². The van der Waals surface area contributed by atoms with Gasteiger partial charge < -0.3 is 4.90 Å². The lowest BCUT2D eigenvalue weighted by atomic mass is 9.98. The zero-order valence-electron chi connectivity index (χ0n) is 15.0. The smallest absolute Gasteiger partial charge is 0.307 e. The quantitative estimate of drug-likeness (QED) is 0.596. The van der Waals surface area contributed by atoms with Crippen molar-refractivity contribution in [2.45, 2.75) is 25.9 Å². The highest BCUT2D eigenvalue weighted by Crippen LogP contribution is 2.36. The first-order chi connectivity index (χ1) is 13.3. The third-order valence-corrected chi connectivity index (χ3v) is 5.81. The van der Waals surface area contributed by atoms with Gasteiger partial charge in [-0.25, -0.2) is 4.98 Å². The highest BCUT2D eigenvalue weighted by molar-refractivity contribution is 7.17.